The number of allylic oxidation sites excluding steroid dienone is 3. The molecule has 0 radical (unpaired) electrons. The Balaban J connectivity index is 1.74. The van der Waals surface area contributed by atoms with Gasteiger partial charge in [0.15, 0.2) is 5.43 Å². The Hall–Kier alpha value is -3.38. The Morgan fingerprint density at radius 2 is 1.88 bits per heavy atom. The third-order valence-electron chi connectivity index (χ3n) is 6.24. The summed E-state index contributed by atoms with van der Waals surface area (Å²) in [5.41, 5.74) is 3.93. The van der Waals surface area contributed by atoms with Crippen molar-refractivity contribution in [1.29, 1.82) is 0 Å². The Morgan fingerprint density at radius 3 is 2.69 bits per heavy atom. The molecule has 1 aromatic carbocycles. The Labute approximate surface area is 188 Å². The number of rotatable bonds is 4. The van der Waals surface area contributed by atoms with Gasteiger partial charge in [-0.05, 0) is 51.1 Å². The van der Waals surface area contributed by atoms with E-state index in [0.29, 0.717) is 5.39 Å². The Bertz CT molecular complexity index is 1230. The minimum atomic E-state index is -0.0173. The summed E-state index contributed by atoms with van der Waals surface area (Å²) in [7, 11) is 2.16. The van der Waals surface area contributed by atoms with Crippen molar-refractivity contribution in [2.75, 3.05) is 43.4 Å². The van der Waals surface area contributed by atoms with Gasteiger partial charge in [-0.1, -0.05) is 30.4 Å². The molecule has 0 amide bonds. The van der Waals surface area contributed by atoms with Crippen LogP contribution in [0.5, 0.6) is 0 Å². The lowest BCUT2D eigenvalue weighted by atomic mass is 10.1. The van der Waals surface area contributed by atoms with Gasteiger partial charge < -0.3 is 15.1 Å². The van der Waals surface area contributed by atoms with E-state index in [2.05, 4.69) is 62.1 Å². The third kappa shape index (κ3) is 4.06. The topological polar surface area (TPSA) is 53.4 Å². The minimum absolute atomic E-state index is 0.0173. The van der Waals surface area contributed by atoms with Gasteiger partial charge in [-0.15, -0.1) is 0 Å². The molecule has 0 spiro atoms. The van der Waals surface area contributed by atoms with Crippen LogP contribution in [0, 0.1) is 0 Å². The molecular formula is C26H29N5O. The molecule has 1 aliphatic heterocycles. The molecule has 2 aliphatic rings. The van der Waals surface area contributed by atoms with Crippen molar-refractivity contribution in [1.82, 2.24) is 14.5 Å². The number of hydrogen-bond acceptors (Lipinski definition) is 5. The predicted octanol–water partition coefficient (Wildman–Crippen LogP) is 4.17. The lowest BCUT2D eigenvalue weighted by molar-refractivity contribution is 0.360. The first-order valence-electron chi connectivity index (χ1n) is 11.4. The van der Waals surface area contributed by atoms with Gasteiger partial charge in [-0.25, -0.2) is 0 Å². The van der Waals surface area contributed by atoms with Crippen LogP contribution in [0.25, 0.3) is 16.6 Å². The second-order valence-electron chi connectivity index (χ2n) is 8.53. The number of anilines is 2. The second kappa shape index (κ2) is 9.01. The maximum absolute atomic E-state index is 13.2. The molecule has 3 aromatic rings. The first kappa shape index (κ1) is 20.5. The summed E-state index contributed by atoms with van der Waals surface area (Å²) in [6.45, 7) is 3.92. The highest BCUT2D eigenvalue weighted by Crippen LogP contribution is 2.31. The molecule has 0 unspecified atom stereocenters. The van der Waals surface area contributed by atoms with Crippen LogP contribution in [0.1, 0.15) is 19.3 Å². The monoisotopic (exact) mass is 427 g/mol. The summed E-state index contributed by atoms with van der Waals surface area (Å²) in [6, 6.07) is 11.9. The van der Waals surface area contributed by atoms with Crippen LogP contribution in [0.4, 0.5) is 11.5 Å². The van der Waals surface area contributed by atoms with Crippen LogP contribution < -0.4 is 15.6 Å². The molecule has 32 heavy (non-hydrogen) atoms. The van der Waals surface area contributed by atoms with Gasteiger partial charge in [0, 0.05) is 43.3 Å². The minimum Gasteiger partial charge on any atom is -0.367 e. The maximum Gasteiger partial charge on any atom is 0.193 e. The highest BCUT2D eigenvalue weighted by Gasteiger charge is 2.20. The van der Waals surface area contributed by atoms with Gasteiger partial charge in [0.25, 0.3) is 0 Å². The maximum atomic E-state index is 13.2. The summed E-state index contributed by atoms with van der Waals surface area (Å²) in [5, 5.41) is 4.16. The zero-order chi connectivity index (χ0) is 21.9. The first-order chi connectivity index (χ1) is 15.7. The molecule has 3 heterocycles. The first-order valence-corrected chi connectivity index (χ1v) is 11.4. The largest absolute Gasteiger partial charge is 0.367 e. The van der Waals surface area contributed by atoms with E-state index < -0.39 is 0 Å². The van der Waals surface area contributed by atoms with Gasteiger partial charge in [0.2, 0.25) is 0 Å². The van der Waals surface area contributed by atoms with E-state index in [4.69, 9.17) is 0 Å². The van der Waals surface area contributed by atoms with Gasteiger partial charge in [-0.3, -0.25) is 14.3 Å². The molecule has 1 saturated heterocycles. The summed E-state index contributed by atoms with van der Waals surface area (Å²) in [5.74, 6) is 0.769. The summed E-state index contributed by atoms with van der Waals surface area (Å²) < 4.78 is 2.17. The number of aromatic nitrogens is 2. The van der Waals surface area contributed by atoms with Crippen molar-refractivity contribution in [2.24, 2.45) is 0 Å². The normalized spacial score (nSPS) is 17.3. The van der Waals surface area contributed by atoms with E-state index in [-0.39, 0.29) is 5.43 Å². The average molecular weight is 428 g/mol. The van der Waals surface area contributed by atoms with E-state index >= 15 is 0 Å². The number of benzene rings is 1. The van der Waals surface area contributed by atoms with Crippen molar-refractivity contribution in [2.45, 2.75) is 19.3 Å². The molecule has 6 nitrogen and oxygen atoms in total. The van der Waals surface area contributed by atoms with E-state index in [9.17, 15) is 4.79 Å². The fraction of sp³-hybridized carbons (Fsp3) is 0.308. The van der Waals surface area contributed by atoms with Crippen LogP contribution in [0.15, 0.2) is 77.5 Å². The van der Waals surface area contributed by atoms with Crippen LogP contribution >= 0.6 is 0 Å². The molecule has 6 heteroatoms. The van der Waals surface area contributed by atoms with E-state index in [0.717, 1.165) is 73.8 Å². The smallest absolute Gasteiger partial charge is 0.193 e. The standard InChI is InChI=1S/C26H29N5O/c1-29-13-8-14-30(16-15-29)23-19-27-18-22-24(32)17-25(28-20-9-4-2-5-10-20)31(26(22)23)21-11-6-3-7-12-21/h3-4,6-7,9-12,17-19,28H,2,5,8,13-16H2,1H3. The predicted molar refractivity (Wildman–Crippen MR) is 132 cm³/mol. The molecule has 1 aliphatic carbocycles. The zero-order valence-electron chi connectivity index (χ0n) is 18.5. The van der Waals surface area contributed by atoms with Crippen LogP contribution in [-0.2, 0) is 0 Å². The number of nitrogens with one attached hydrogen (secondary N) is 1. The summed E-state index contributed by atoms with van der Waals surface area (Å²) in [4.78, 5) is 22.4. The van der Waals surface area contributed by atoms with Crippen molar-refractivity contribution in [3.63, 3.8) is 0 Å². The van der Waals surface area contributed by atoms with Gasteiger partial charge in [0.1, 0.15) is 5.82 Å². The third-order valence-corrected chi connectivity index (χ3v) is 6.24. The molecule has 0 atom stereocenters. The number of pyridine rings is 2. The molecule has 5 rings (SSSR count). The fourth-order valence-corrected chi connectivity index (χ4v) is 4.55. The number of para-hydroxylation sites is 1. The molecule has 0 saturated carbocycles. The number of nitrogens with zero attached hydrogens (tertiary/aromatic N) is 4. The summed E-state index contributed by atoms with van der Waals surface area (Å²) >= 11 is 0. The van der Waals surface area contributed by atoms with Gasteiger partial charge >= 0.3 is 0 Å². The second-order valence-corrected chi connectivity index (χ2v) is 8.53. The fourth-order valence-electron chi connectivity index (χ4n) is 4.55. The molecule has 2 aromatic heterocycles. The SMILES string of the molecule is CN1CCCN(c2cncc3c(=O)cc(NC4=CCCC=C4)n(-c4ccccc4)c23)CC1. The average Bonchev–Trinajstić information content (AvgIpc) is 3.04. The van der Waals surface area contributed by atoms with Crippen LogP contribution in [0.3, 0.4) is 0 Å². The molecule has 164 valence electrons. The quantitative estimate of drug-likeness (QED) is 0.677. The molecule has 1 N–H and O–H groups in total. The van der Waals surface area contributed by atoms with Crippen molar-refractivity contribution < 1.29 is 0 Å². The Morgan fingerprint density at radius 1 is 1.00 bits per heavy atom. The number of hydrogen-bond donors (Lipinski definition) is 1. The molecular weight excluding hydrogens is 398 g/mol. The molecule has 1 fully saturated rings. The van der Waals surface area contributed by atoms with Gasteiger partial charge in [-0.2, -0.15) is 0 Å². The van der Waals surface area contributed by atoms with Crippen LogP contribution in [0.2, 0.25) is 0 Å². The van der Waals surface area contributed by atoms with E-state index in [1.165, 1.54) is 0 Å². The molecule has 0 bridgehead atoms. The number of likely N-dealkylation sites (N-methyl/N-ethyl adjacent to an activating group) is 1. The van der Waals surface area contributed by atoms with Crippen molar-refractivity contribution >= 4 is 22.4 Å². The lowest BCUT2D eigenvalue weighted by Crippen LogP contribution is -2.30. The van der Waals surface area contributed by atoms with Gasteiger partial charge in [0.05, 0.1) is 22.8 Å². The van der Waals surface area contributed by atoms with E-state index in [1.807, 2.05) is 24.4 Å². The zero-order valence-corrected chi connectivity index (χ0v) is 18.5. The number of fused-ring (bicyclic) bond motifs is 1. The summed E-state index contributed by atoms with van der Waals surface area (Å²) in [6.07, 6.45) is 13.2. The highest BCUT2D eigenvalue weighted by molar-refractivity contribution is 5.93. The highest BCUT2D eigenvalue weighted by atomic mass is 16.1. The Kier molecular flexibility index (Phi) is 5.77. The van der Waals surface area contributed by atoms with Crippen molar-refractivity contribution in [3.8, 4) is 5.69 Å². The van der Waals surface area contributed by atoms with Crippen LogP contribution in [-0.4, -0.2) is 47.7 Å². The van der Waals surface area contributed by atoms with Crippen molar-refractivity contribution in [3.05, 3.63) is 82.9 Å². The lowest BCUT2D eigenvalue weighted by Gasteiger charge is -2.27. The van der Waals surface area contributed by atoms with E-state index in [1.54, 1.807) is 12.3 Å².